The van der Waals surface area contributed by atoms with Gasteiger partial charge < -0.3 is 25.2 Å². The van der Waals surface area contributed by atoms with Gasteiger partial charge in [-0.3, -0.25) is 0 Å². The van der Waals surface area contributed by atoms with Gasteiger partial charge >= 0.3 is 18.0 Å². The number of carbonyl (C=O) groups is 3. The zero-order chi connectivity index (χ0) is 19.3. The summed E-state index contributed by atoms with van der Waals surface area (Å²) in [5.74, 6) is -1.75. The normalized spacial score (nSPS) is 16.6. The summed E-state index contributed by atoms with van der Waals surface area (Å²) in [7, 11) is 0. The maximum atomic E-state index is 12.2. The van der Waals surface area contributed by atoms with E-state index in [1.54, 1.807) is 13.8 Å². The van der Waals surface area contributed by atoms with Crippen molar-refractivity contribution in [3.8, 4) is 5.75 Å². The number of hydrogen-bond donors (Lipinski definition) is 3. The monoisotopic (exact) mass is 382 g/mol. The third-order valence-electron chi connectivity index (χ3n) is 3.67. The number of phenolic OH excluding ortho intramolecular Hbond substituents is 1. The molecule has 3 N–H and O–H groups in total. The van der Waals surface area contributed by atoms with Crippen LogP contribution in [-0.2, 0) is 14.3 Å². The van der Waals surface area contributed by atoms with Gasteiger partial charge in [-0.05, 0) is 31.5 Å². The number of urea groups is 1. The van der Waals surface area contributed by atoms with Crippen molar-refractivity contribution in [3.05, 3.63) is 40.1 Å². The van der Waals surface area contributed by atoms with Gasteiger partial charge in [-0.1, -0.05) is 18.5 Å². The number of esters is 2. The smallest absolute Gasteiger partial charge is 0.342 e. The molecule has 26 heavy (non-hydrogen) atoms. The molecule has 0 aromatic heterocycles. The molecule has 0 unspecified atom stereocenters. The molecule has 1 aliphatic rings. The van der Waals surface area contributed by atoms with Gasteiger partial charge in [0, 0.05) is 5.02 Å². The molecule has 0 saturated heterocycles. The summed E-state index contributed by atoms with van der Waals surface area (Å²) in [5, 5.41) is 15.1. The highest BCUT2D eigenvalue weighted by Crippen LogP contribution is 2.23. The average molecular weight is 383 g/mol. The lowest BCUT2D eigenvalue weighted by molar-refractivity contribution is -0.139. The maximum absolute atomic E-state index is 12.2. The van der Waals surface area contributed by atoms with Crippen LogP contribution in [-0.4, -0.2) is 42.3 Å². The minimum absolute atomic E-state index is 0.122. The fourth-order valence-electron chi connectivity index (χ4n) is 2.46. The molecule has 2 amide bonds. The Hall–Kier alpha value is -2.74. The van der Waals surface area contributed by atoms with Crippen molar-refractivity contribution in [2.45, 2.75) is 26.3 Å². The van der Waals surface area contributed by atoms with Gasteiger partial charge in [-0.2, -0.15) is 0 Å². The van der Waals surface area contributed by atoms with Crippen molar-refractivity contribution in [1.29, 1.82) is 0 Å². The summed E-state index contributed by atoms with van der Waals surface area (Å²) in [4.78, 5) is 36.2. The molecule has 1 aromatic carbocycles. The molecule has 1 aromatic rings. The molecule has 0 saturated carbocycles. The Kier molecular flexibility index (Phi) is 6.46. The van der Waals surface area contributed by atoms with E-state index in [-0.39, 0.29) is 40.8 Å². The highest BCUT2D eigenvalue weighted by molar-refractivity contribution is 6.31. The third kappa shape index (κ3) is 4.45. The molecule has 9 heteroatoms. The van der Waals surface area contributed by atoms with Crippen LogP contribution in [0.5, 0.6) is 5.75 Å². The van der Waals surface area contributed by atoms with E-state index < -0.39 is 24.0 Å². The van der Waals surface area contributed by atoms with Gasteiger partial charge in [0.05, 0.1) is 23.9 Å². The van der Waals surface area contributed by atoms with Gasteiger partial charge in [-0.15, -0.1) is 0 Å². The van der Waals surface area contributed by atoms with E-state index >= 15 is 0 Å². The Morgan fingerprint density at radius 2 is 1.96 bits per heavy atom. The Morgan fingerprint density at radius 3 is 2.62 bits per heavy atom. The average Bonchev–Trinajstić information content (AvgIpc) is 2.61. The first-order valence-corrected chi connectivity index (χ1v) is 8.38. The van der Waals surface area contributed by atoms with Crippen molar-refractivity contribution in [3.63, 3.8) is 0 Å². The molecule has 0 bridgehead atoms. The summed E-state index contributed by atoms with van der Waals surface area (Å²) in [6.07, 6.45) is 0.452. The van der Waals surface area contributed by atoms with E-state index in [4.69, 9.17) is 21.1 Å². The number of aromatic hydroxyl groups is 1. The number of rotatable bonds is 6. The first-order valence-electron chi connectivity index (χ1n) is 8.00. The second-order valence-corrected chi connectivity index (χ2v) is 5.85. The predicted molar refractivity (Wildman–Crippen MR) is 92.8 cm³/mol. The molecule has 0 aliphatic carbocycles. The van der Waals surface area contributed by atoms with E-state index in [2.05, 4.69) is 10.6 Å². The number of benzene rings is 1. The second kappa shape index (κ2) is 8.57. The van der Waals surface area contributed by atoms with Gasteiger partial charge in [0.15, 0.2) is 0 Å². The molecule has 2 rings (SSSR count). The maximum Gasteiger partial charge on any atom is 0.342 e. The van der Waals surface area contributed by atoms with Gasteiger partial charge in [0.1, 0.15) is 17.9 Å². The van der Waals surface area contributed by atoms with Crippen LogP contribution in [0.15, 0.2) is 29.5 Å². The van der Waals surface area contributed by atoms with E-state index in [9.17, 15) is 19.5 Å². The number of nitrogens with one attached hydrogen (secondary N) is 2. The zero-order valence-corrected chi connectivity index (χ0v) is 15.1. The Morgan fingerprint density at radius 1 is 1.23 bits per heavy atom. The molecule has 0 radical (unpaired) electrons. The zero-order valence-electron chi connectivity index (χ0n) is 14.3. The largest absolute Gasteiger partial charge is 0.507 e. The highest BCUT2D eigenvalue weighted by atomic mass is 35.5. The van der Waals surface area contributed by atoms with Crippen LogP contribution >= 0.6 is 11.6 Å². The van der Waals surface area contributed by atoms with Crippen LogP contribution in [0, 0.1) is 0 Å². The Labute approximate surface area is 155 Å². The quantitative estimate of drug-likeness (QED) is 0.649. The van der Waals surface area contributed by atoms with Crippen LogP contribution in [0.2, 0.25) is 5.02 Å². The van der Waals surface area contributed by atoms with Crippen LogP contribution in [0.25, 0.3) is 0 Å². The van der Waals surface area contributed by atoms with Crippen LogP contribution in [0.4, 0.5) is 4.79 Å². The SMILES string of the molecule is CCOC(=O)C1=C(COC(=O)c2cc(Cl)ccc2O)NC(=O)N[C@H]1CC. The Bertz CT molecular complexity index is 762. The highest BCUT2D eigenvalue weighted by Gasteiger charge is 2.32. The Balaban J connectivity index is 2.24. The number of hydrogen-bond acceptors (Lipinski definition) is 6. The van der Waals surface area contributed by atoms with E-state index in [0.717, 1.165) is 0 Å². The van der Waals surface area contributed by atoms with Gasteiger partial charge in [0.25, 0.3) is 0 Å². The number of ether oxygens (including phenoxy) is 2. The molecule has 0 fully saturated rings. The van der Waals surface area contributed by atoms with Crippen LogP contribution in [0.3, 0.4) is 0 Å². The molecule has 1 aliphatic heterocycles. The molecule has 1 heterocycles. The summed E-state index contributed by atoms with van der Waals surface area (Å²) < 4.78 is 10.2. The minimum atomic E-state index is -0.846. The van der Waals surface area contributed by atoms with Crippen molar-refractivity contribution >= 4 is 29.6 Å². The topological polar surface area (TPSA) is 114 Å². The summed E-state index contributed by atoms with van der Waals surface area (Å²) in [6, 6.07) is 2.88. The van der Waals surface area contributed by atoms with E-state index in [1.807, 2.05) is 0 Å². The van der Waals surface area contributed by atoms with Crippen molar-refractivity contribution in [2.24, 2.45) is 0 Å². The van der Waals surface area contributed by atoms with Crippen molar-refractivity contribution in [2.75, 3.05) is 13.2 Å². The molecule has 1 atom stereocenters. The number of halogens is 1. The summed E-state index contributed by atoms with van der Waals surface area (Å²) in [5.41, 5.74) is 0.203. The number of carbonyl (C=O) groups excluding carboxylic acids is 3. The number of amides is 2. The summed E-state index contributed by atoms with van der Waals surface area (Å²) >= 11 is 5.81. The fourth-order valence-corrected chi connectivity index (χ4v) is 2.63. The molecule has 8 nitrogen and oxygen atoms in total. The molecular formula is C17H19ClN2O6. The van der Waals surface area contributed by atoms with Crippen molar-refractivity contribution in [1.82, 2.24) is 10.6 Å². The van der Waals surface area contributed by atoms with Crippen molar-refractivity contribution < 1.29 is 29.0 Å². The van der Waals surface area contributed by atoms with Gasteiger partial charge in [0.2, 0.25) is 0 Å². The number of phenols is 1. The lowest BCUT2D eigenvalue weighted by Crippen LogP contribution is -2.51. The van der Waals surface area contributed by atoms with Crippen LogP contribution in [0.1, 0.15) is 30.6 Å². The minimum Gasteiger partial charge on any atom is -0.507 e. The van der Waals surface area contributed by atoms with Crippen LogP contribution < -0.4 is 10.6 Å². The lowest BCUT2D eigenvalue weighted by Gasteiger charge is -2.28. The van der Waals surface area contributed by atoms with Gasteiger partial charge in [-0.25, -0.2) is 14.4 Å². The van der Waals surface area contributed by atoms with E-state index in [0.29, 0.717) is 6.42 Å². The molecule has 0 spiro atoms. The standard InChI is InChI=1S/C17H19ClN2O6/c1-3-11-14(16(23)25-4-2)12(20-17(24)19-11)8-26-15(22)10-7-9(18)5-6-13(10)21/h5-7,11,21H,3-4,8H2,1-2H3,(H2,19,20,24)/t11-/m0/s1. The lowest BCUT2D eigenvalue weighted by atomic mass is 10.0. The molecule has 140 valence electrons. The fraction of sp³-hybridized carbons (Fsp3) is 0.353. The molecular weight excluding hydrogens is 364 g/mol. The second-order valence-electron chi connectivity index (χ2n) is 5.41. The first kappa shape index (κ1) is 19.6. The third-order valence-corrected chi connectivity index (χ3v) is 3.91. The predicted octanol–water partition coefficient (Wildman–Crippen LogP) is 2.11. The summed E-state index contributed by atoms with van der Waals surface area (Å²) in [6.45, 7) is 3.25. The first-order chi connectivity index (χ1) is 12.4. The van der Waals surface area contributed by atoms with E-state index in [1.165, 1.54) is 18.2 Å².